The number of likely N-dealkylation sites (N-methyl/N-ethyl adjacent to an activating group) is 1. The van der Waals surface area contributed by atoms with Gasteiger partial charge in [-0.3, -0.25) is 4.79 Å². The molecule has 21 heavy (non-hydrogen) atoms. The second-order valence-electron chi connectivity index (χ2n) is 4.90. The van der Waals surface area contributed by atoms with Crippen LogP contribution in [0, 0.1) is 6.92 Å². The fourth-order valence-electron chi connectivity index (χ4n) is 1.76. The number of ether oxygens (including phenoxy) is 1. The fraction of sp³-hybridized carbons (Fsp3) is 0.533. The van der Waals surface area contributed by atoms with E-state index in [9.17, 15) is 4.79 Å². The van der Waals surface area contributed by atoms with Crippen LogP contribution in [0.2, 0.25) is 0 Å². The molecule has 0 aliphatic carbocycles. The van der Waals surface area contributed by atoms with E-state index in [1.54, 1.807) is 6.92 Å². The molecule has 1 unspecified atom stereocenters. The highest BCUT2D eigenvalue weighted by Crippen LogP contribution is 2.26. The van der Waals surface area contributed by atoms with Crippen molar-refractivity contribution >= 4 is 34.2 Å². The third kappa shape index (κ3) is 7.16. The van der Waals surface area contributed by atoms with Crippen molar-refractivity contribution in [2.24, 2.45) is 0 Å². The van der Waals surface area contributed by atoms with E-state index in [2.05, 4.69) is 26.6 Å². The van der Waals surface area contributed by atoms with Crippen molar-refractivity contribution < 1.29 is 9.53 Å². The van der Waals surface area contributed by atoms with Gasteiger partial charge in [0.1, 0.15) is 5.75 Å². The molecule has 0 radical (unpaired) electrons. The van der Waals surface area contributed by atoms with E-state index in [1.165, 1.54) is 0 Å². The lowest BCUT2D eigenvalue weighted by atomic mass is 10.2. The Hall–Kier alpha value is -0.780. The van der Waals surface area contributed by atoms with Crippen molar-refractivity contribution in [3.05, 3.63) is 28.2 Å². The molecule has 0 aliphatic heterocycles. The molecule has 0 fully saturated rings. The van der Waals surface area contributed by atoms with Crippen molar-refractivity contribution in [1.29, 1.82) is 0 Å². The first kappa shape index (κ1) is 20.2. The molecule has 0 saturated heterocycles. The van der Waals surface area contributed by atoms with Crippen molar-refractivity contribution in [1.82, 2.24) is 10.6 Å². The molecule has 4 nitrogen and oxygen atoms in total. The molecule has 1 aromatic rings. The van der Waals surface area contributed by atoms with E-state index >= 15 is 0 Å². The quantitative estimate of drug-likeness (QED) is 0.765. The van der Waals surface area contributed by atoms with Crippen LogP contribution in [-0.2, 0) is 4.79 Å². The van der Waals surface area contributed by atoms with Crippen LogP contribution in [0.3, 0.4) is 0 Å². The third-order valence-corrected chi connectivity index (χ3v) is 3.52. The Morgan fingerprint density at radius 2 is 2.05 bits per heavy atom. The summed E-state index contributed by atoms with van der Waals surface area (Å²) < 4.78 is 6.53. The number of benzene rings is 1. The smallest absolute Gasteiger partial charge is 0.260 e. The van der Waals surface area contributed by atoms with Crippen LogP contribution in [0.25, 0.3) is 0 Å². The number of aryl methyl sites for hydroxylation is 1. The molecule has 6 heteroatoms. The number of rotatable bonds is 7. The predicted octanol–water partition coefficient (Wildman–Crippen LogP) is 3.06. The average Bonchev–Trinajstić information content (AvgIpc) is 2.39. The van der Waals surface area contributed by atoms with E-state index in [-0.39, 0.29) is 24.4 Å². The first-order chi connectivity index (χ1) is 9.43. The molecule has 0 aromatic heterocycles. The maximum Gasteiger partial charge on any atom is 0.260 e. The minimum atomic E-state index is -0.525. The standard InChI is InChI=1S/C15H23BrN2O2.ClH/c1-5-17-11(3)9-18-15(19)12(4)20-14-7-6-10(2)8-13(14)16;/h6-8,11-12,17H,5,9H2,1-4H3,(H,18,19);1H/t11-,12?;/m1./s1. The summed E-state index contributed by atoms with van der Waals surface area (Å²) in [7, 11) is 0. The molecule has 1 rings (SSSR count). The van der Waals surface area contributed by atoms with Gasteiger partial charge in [-0.15, -0.1) is 12.4 Å². The zero-order chi connectivity index (χ0) is 15.1. The van der Waals surface area contributed by atoms with Gasteiger partial charge in [-0.1, -0.05) is 13.0 Å². The fourth-order valence-corrected chi connectivity index (χ4v) is 2.35. The SMILES string of the molecule is CCN[C@H](C)CNC(=O)C(C)Oc1ccc(C)cc1Br.Cl. The maximum atomic E-state index is 12.0. The Bertz CT molecular complexity index is 457. The Kier molecular flexibility index (Phi) is 9.66. The van der Waals surface area contributed by atoms with Crippen molar-refractivity contribution in [3.8, 4) is 5.75 Å². The summed E-state index contributed by atoms with van der Waals surface area (Å²) in [5.74, 6) is 0.570. The number of halogens is 2. The number of hydrogen-bond donors (Lipinski definition) is 2. The second kappa shape index (κ2) is 10.0. The Balaban J connectivity index is 0.00000400. The first-order valence-corrected chi connectivity index (χ1v) is 7.67. The molecule has 1 aromatic carbocycles. The monoisotopic (exact) mass is 378 g/mol. The Morgan fingerprint density at radius 1 is 1.38 bits per heavy atom. The van der Waals surface area contributed by atoms with Crippen LogP contribution in [0.1, 0.15) is 26.3 Å². The lowest BCUT2D eigenvalue weighted by Crippen LogP contribution is -2.43. The highest BCUT2D eigenvalue weighted by Gasteiger charge is 2.16. The minimum absolute atomic E-state index is 0. The zero-order valence-electron chi connectivity index (χ0n) is 12.9. The van der Waals surface area contributed by atoms with Crippen molar-refractivity contribution in [3.63, 3.8) is 0 Å². The third-order valence-electron chi connectivity index (χ3n) is 2.90. The van der Waals surface area contributed by atoms with Gasteiger partial charge in [-0.05, 0) is 60.9 Å². The lowest BCUT2D eigenvalue weighted by Gasteiger charge is -2.18. The second-order valence-corrected chi connectivity index (χ2v) is 5.75. The van der Waals surface area contributed by atoms with Gasteiger partial charge in [0, 0.05) is 12.6 Å². The van der Waals surface area contributed by atoms with E-state index in [4.69, 9.17) is 4.74 Å². The molecular weight excluding hydrogens is 356 g/mol. The molecule has 2 N–H and O–H groups in total. The number of carbonyl (C=O) groups excluding carboxylic acids is 1. The Labute approximate surface area is 141 Å². The van der Waals surface area contributed by atoms with Gasteiger partial charge in [0.25, 0.3) is 5.91 Å². The minimum Gasteiger partial charge on any atom is -0.480 e. The molecular formula is C15H24BrClN2O2. The van der Waals surface area contributed by atoms with Gasteiger partial charge < -0.3 is 15.4 Å². The zero-order valence-corrected chi connectivity index (χ0v) is 15.3. The average molecular weight is 380 g/mol. The van der Waals surface area contributed by atoms with E-state index < -0.39 is 6.10 Å². The van der Waals surface area contributed by atoms with E-state index in [0.717, 1.165) is 16.6 Å². The van der Waals surface area contributed by atoms with Crippen molar-refractivity contribution in [2.45, 2.75) is 39.8 Å². The molecule has 2 atom stereocenters. The van der Waals surface area contributed by atoms with Gasteiger partial charge in [0.2, 0.25) is 0 Å². The van der Waals surface area contributed by atoms with Gasteiger partial charge >= 0.3 is 0 Å². The molecule has 0 saturated carbocycles. The summed E-state index contributed by atoms with van der Waals surface area (Å²) in [5.41, 5.74) is 1.14. The Morgan fingerprint density at radius 3 is 2.62 bits per heavy atom. The van der Waals surface area contributed by atoms with Gasteiger partial charge in [0.05, 0.1) is 4.47 Å². The van der Waals surface area contributed by atoms with Crippen LogP contribution < -0.4 is 15.4 Å². The van der Waals surface area contributed by atoms with Crippen LogP contribution in [0.5, 0.6) is 5.75 Å². The molecule has 0 spiro atoms. The van der Waals surface area contributed by atoms with Crippen LogP contribution >= 0.6 is 28.3 Å². The van der Waals surface area contributed by atoms with Crippen LogP contribution in [0.4, 0.5) is 0 Å². The van der Waals surface area contributed by atoms with E-state index in [0.29, 0.717) is 12.3 Å². The maximum absolute atomic E-state index is 12.0. The number of hydrogen-bond acceptors (Lipinski definition) is 3. The summed E-state index contributed by atoms with van der Waals surface area (Å²) in [6, 6.07) is 6.04. The van der Waals surface area contributed by atoms with E-state index in [1.807, 2.05) is 39.0 Å². The van der Waals surface area contributed by atoms with Crippen LogP contribution in [0.15, 0.2) is 22.7 Å². The molecule has 120 valence electrons. The number of nitrogens with one attached hydrogen (secondary N) is 2. The van der Waals surface area contributed by atoms with Gasteiger partial charge in [-0.25, -0.2) is 0 Å². The summed E-state index contributed by atoms with van der Waals surface area (Å²) in [6.07, 6.45) is -0.525. The molecule has 0 heterocycles. The highest BCUT2D eigenvalue weighted by molar-refractivity contribution is 9.10. The first-order valence-electron chi connectivity index (χ1n) is 6.88. The van der Waals surface area contributed by atoms with Crippen LogP contribution in [-0.4, -0.2) is 31.1 Å². The topological polar surface area (TPSA) is 50.4 Å². The predicted molar refractivity (Wildman–Crippen MR) is 92.4 cm³/mol. The molecule has 0 aliphatic rings. The normalized spacial score (nSPS) is 13.0. The summed E-state index contributed by atoms with van der Waals surface area (Å²) >= 11 is 3.44. The number of amides is 1. The van der Waals surface area contributed by atoms with Crippen molar-refractivity contribution in [2.75, 3.05) is 13.1 Å². The molecule has 0 bridgehead atoms. The lowest BCUT2D eigenvalue weighted by molar-refractivity contribution is -0.127. The summed E-state index contributed by atoms with van der Waals surface area (Å²) in [5, 5.41) is 6.12. The highest BCUT2D eigenvalue weighted by atomic mass is 79.9. The van der Waals surface area contributed by atoms with Gasteiger partial charge in [-0.2, -0.15) is 0 Å². The molecule has 1 amide bonds. The summed E-state index contributed by atoms with van der Waals surface area (Å²) in [4.78, 5) is 12.0. The largest absolute Gasteiger partial charge is 0.480 e. The number of carbonyl (C=O) groups is 1. The van der Waals surface area contributed by atoms with Gasteiger partial charge in [0.15, 0.2) is 6.10 Å². The summed E-state index contributed by atoms with van der Waals surface area (Å²) in [6.45, 7) is 9.31.